The van der Waals surface area contributed by atoms with Gasteiger partial charge in [0.2, 0.25) is 5.91 Å². The summed E-state index contributed by atoms with van der Waals surface area (Å²) in [6.07, 6.45) is 0.0153. The van der Waals surface area contributed by atoms with Gasteiger partial charge in [-0.05, 0) is 17.5 Å². The van der Waals surface area contributed by atoms with Gasteiger partial charge < -0.3 is 5.32 Å². The van der Waals surface area contributed by atoms with Gasteiger partial charge in [0.1, 0.15) is 0 Å². The maximum atomic E-state index is 12.3. The van der Waals surface area contributed by atoms with Crippen LogP contribution in [0, 0.1) is 10.1 Å². The highest BCUT2D eigenvalue weighted by Crippen LogP contribution is 2.29. The molecular formula is C17H11N5O4S3. The highest BCUT2D eigenvalue weighted by Gasteiger charge is 2.14. The zero-order valence-electron chi connectivity index (χ0n) is 14.4. The molecule has 0 saturated carbocycles. The van der Waals surface area contributed by atoms with Crippen molar-refractivity contribution < 1.29 is 14.5 Å². The Labute approximate surface area is 175 Å². The van der Waals surface area contributed by atoms with Gasteiger partial charge in [0.25, 0.3) is 11.6 Å². The number of thiophene rings is 1. The van der Waals surface area contributed by atoms with E-state index in [2.05, 4.69) is 20.6 Å². The number of nitro groups is 1. The molecule has 29 heavy (non-hydrogen) atoms. The van der Waals surface area contributed by atoms with Crippen LogP contribution in [0.3, 0.4) is 0 Å². The minimum absolute atomic E-state index is 0.0153. The number of carbonyl (C=O) groups excluding carboxylic acids is 2. The second kappa shape index (κ2) is 8.03. The van der Waals surface area contributed by atoms with Gasteiger partial charge in [-0.1, -0.05) is 17.4 Å². The zero-order valence-corrected chi connectivity index (χ0v) is 16.9. The molecule has 0 saturated heterocycles. The monoisotopic (exact) mass is 445 g/mol. The summed E-state index contributed by atoms with van der Waals surface area (Å²) in [6, 6.07) is 7.84. The SMILES string of the molecule is O=C(Cc1csc(NC(=O)c2cccs2)n1)Nc1nc2ccc([N+](=O)[O-])cc2s1. The molecule has 0 bridgehead atoms. The van der Waals surface area contributed by atoms with Crippen LogP contribution in [0.2, 0.25) is 0 Å². The van der Waals surface area contributed by atoms with Crippen molar-refractivity contribution in [1.82, 2.24) is 9.97 Å². The first kappa shape index (κ1) is 19.1. The molecule has 0 radical (unpaired) electrons. The second-order valence-electron chi connectivity index (χ2n) is 5.73. The molecule has 0 spiro atoms. The number of fused-ring (bicyclic) bond motifs is 1. The standard InChI is InChI=1S/C17H11N5O4S3/c23-14(20-17-19-11-4-3-10(22(25)26)7-13(11)29-17)6-9-8-28-16(18-9)21-15(24)12-2-1-5-27-12/h1-5,7-8H,6H2,(H,18,21,24)(H,19,20,23). The van der Waals surface area contributed by atoms with Crippen molar-refractivity contribution in [2.45, 2.75) is 6.42 Å². The van der Waals surface area contributed by atoms with Crippen molar-refractivity contribution in [3.8, 4) is 0 Å². The number of nitro benzene ring substituents is 1. The normalized spacial score (nSPS) is 10.8. The number of carbonyl (C=O) groups is 2. The van der Waals surface area contributed by atoms with Crippen LogP contribution < -0.4 is 10.6 Å². The van der Waals surface area contributed by atoms with Gasteiger partial charge in [-0.15, -0.1) is 22.7 Å². The summed E-state index contributed by atoms with van der Waals surface area (Å²) in [5.74, 6) is -0.561. The van der Waals surface area contributed by atoms with E-state index >= 15 is 0 Å². The van der Waals surface area contributed by atoms with Gasteiger partial charge in [0.15, 0.2) is 10.3 Å². The Bertz CT molecular complexity index is 1220. The maximum absolute atomic E-state index is 12.3. The number of hydrogen-bond acceptors (Lipinski definition) is 9. The van der Waals surface area contributed by atoms with Crippen molar-refractivity contribution in [2.24, 2.45) is 0 Å². The molecule has 12 heteroatoms. The average molecular weight is 446 g/mol. The van der Waals surface area contributed by atoms with Gasteiger partial charge in [-0.3, -0.25) is 25.0 Å². The average Bonchev–Trinajstić information content (AvgIpc) is 3.41. The fourth-order valence-electron chi connectivity index (χ4n) is 2.42. The zero-order chi connectivity index (χ0) is 20.4. The Balaban J connectivity index is 1.38. The minimum Gasteiger partial charge on any atom is -0.302 e. The number of anilines is 2. The Morgan fingerprint density at radius 1 is 1.10 bits per heavy atom. The summed E-state index contributed by atoms with van der Waals surface area (Å²) < 4.78 is 0.613. The lowest BCUT2D eigenvalue weighted by Crippen LogP contribution is -2.14. The minimum atomic E-state index is -0.478. The molecule has 0 fully saturated rings. The van der Waals surface area contributed by atoms with Crippen LogP contribution >= 0.6 is 34.0 Å². The summed E-state index contributed by atoms with van der Waals surface area (Å²) in [5, 5.41) is 20.5. The molecule has 9 nitrogen and oxygen atoms in total. The Morgan fingerprint density at radius 3 is 2.72 bits per heavy atom. The van der Waals surface area contributed by atoms with E-state index in [1.165, 1.54) is 34.8 Å². The van der Waals surface area contributed by atoms with Crippen molar-refractivity contribution >= 4 is 72.0 Å². The van der Waals surface area contributed by atoms with Gasteiger partial charge in [-0.2, -0.15) is 0 Å². The molecule has 2 N–H and O–H groups in total. The van der Waals surface area contributed by atoms with Crippen LogP contribution in [0.4, 0.5) is 16.0 Å². The summed E-state index contributed by atoms with van der Waals surface area (Å²) in [5.41, 5.74) is 1.06. The Kier molecular flexibility index (Phi) is 5.29. The molecule has 3 heterocycles. The first-order valence-corrected chi connectivity index (χ1v) is 10.7. The van der Waals surface area contributed by atoms with Crippen molar-refractivity contribution in [3.05, 3.63) is 61.8 Å². The lowest BCUT2D eigenvalue weighted by Gasteiger charge is -1.99. The Morgan fingerprint density at radius 2 is 1.97 bits per heavy atom. The maximum Gasteiger partial charge on any atom is 0.270 e. The fraction of sp³-hybridized carbons (Fsp3) is 0.0588. The number of hydrogen-bond donors (Lipinski definition) is 2. The van der Waals surface area contributed by atoms with Crippen molar-refractivity contribution in [1.29, 1.82) is 0 Å². The number of non-ortho nitro benzene ring substituents is 1. The van der Waals surface area contributed by atoms with E-state index in [0.29, 0.717) is 31.1 Å². The predicted octanol–water partition coefficient (Wildman–Crippen LogP) is 4.16. The van der Waals surface area contributed by atoms with E-state index in [4.69, 9.17) is 0 Å². The van der Waals surface area contributed by atoms with Gasteiger partial charge in [0, 0.05) is 17.5 Å². The molecule has 1 aromatic carbocycles. The molecule has 0 unspecified atom stereocenters. The summed E-state index contributed by atoms with van der Waals surface area (Å²) in [6.45, 7) is 0. The number of nitrogens with one attached hydrogen (secondary N) is 2. The Hall–Kier alpha value is -3.22. The van der Waals surface area contributed by atoms with Crippen molar-refractivity contribution in [2.75, 3.05) is 10.6 Å². The lowest BCUT2D eigenvalue weighted by molar-refractivity contribution is -0.384. The summed E-state index contributed by atoms with van der Waals surface area (Å²) in [4.78, 5) is 43.8. The number of amides is 2. The lowest BCUT2D eigenvalue weighted by atomic mass is 10.3. The molecule has 146 valence electrons. The topological polar surface area (TPSA) is 127 Å². The smallest absolute Gasteiger partial charge is 0.270 e. The summed E-state index contributed by atoms with van der Waals surface area (Å²) in [7, 11) is 0. The van der Waals surface area contributed by atoms with Gasteiger partial charge in [0.05, 0.1) is 32.1 Å². The van der Waals surface area contributed by atoms with Crippen LogP contribution in [0.15, 0.2) is 41.1 Å². The molecule has 0 atom stereocenters. The third kappa shape index (κ3) is 4.45. The molecule has 3 aromatic heterocycles. The van der Waals surface area contributed by atoms with Crippen LogP contribution in [-0.2, 0) is 11.2 Å². The largest absolute Gasteiger partial charge is 0.302 e. The number of nitrogens with zero attached hydrogens (tertiary/aromatic N) is 3. The molecule has 0 aliphatic rings. The second-order valence-corrected chi connectivity index (χ2v) is 8.56. The van der Waals surface area contributed by atoms with Crippen LogP contribution in [0.25, 0.3) is 10.2 Å². The molecule has 2 amide bonds. The number of benzene rings is 1. The molecule has 4 rings (SSSR count). The molecule has 4 aromatic rings. The van der Waals surface area contributed by atoms with Crippen LogP contribution in [-0.4, -0.2) is 26.7 Å². The first-order valence-electron chi connectivity index (χ1n) is 8.12. The van der Waals surface area contributed by atoms with Crippen LogP contribution in [0.5, 0.6) is 0 Å². The van der Waals surface area contributed by atoms with Crippen molar-refractivity contribution in [3.63, 3.8) is 0 Å². The first-order chi connectivity index (χ1) is 14.0. The highest BCUT2D eigenvalue weighted by atomic mass is 32.1. The molecule has 0 aliphatic heterocycles. The van der Waals surface area contributed by atoms with E-state index in [1.807, 2.05) is 5.38 Å². The van der Waals surface area contributed by atoms with Gasteiger partial charge >= 0.3 is 0 Å². The van der Waals surface area contributed by atoms with E-state index in [-0.39, 0.29) is 23.9 Å². The van der Waals surface area contributed by atoms with Gasteiger partial charge in [-0.25, -0.2) is 9.97 Å². The van der Waals surface area contributed by atoms with E-state index in [0.717, 1.165) is 11.3 Å². The van der Waals surface area contributed by atoms with E-state index in [9.17, 15) is 19.7 Å². The third-order valence-corrected chi connectivity index (χ3v) is 6.30. The van der Waals surface area contributed by atoms with Crippen LogP contribution in [0.1, 0.15) is 15.4 Å². The quantitative estimate of drug-likeness (QED) is 0.339. The van der Waals surface area contributed by atoms with E-state index in [1.54, 1.807) is 23.6 Å². The molecular weight excluding hydrogens is 434 g/mol. The number of rotatable bonds is 6. The predicted molar refractivity (Wildman–Crippen MR) is 113 cm³/mol. The third-order valence-electron chi connectivity index (χ3n) is 3.69. The fourth-order valence-corrected chi connectivity index (χ4v) is 4.66. The number of thiazole rings is 2. The number of aromatic nitrogens is 2. The highest BCUT2D eigenvalue weighted by molar-refractivity contribution is 7.22. The van der Waals surface area contributed by atoms with E-state index < -0.39 is 4.92 Å². The summed E-state index contributed by atoms with van der Waals surface area (Å²) >= 11 is 3.73. The molecule has 0 aliphatic carbocycles.